The van der Waals surface area contributed by atoms with E-state index in [2.05, 4.69) is 4.74 Å². The van der Waals surface area contributed by atoms with E-state index in [0.29, 0.717) is 6.92 Å². The lowest BCUT2D eigenvalue weighted by Gasteiger charge is -2.15. The molecule has 1 fully saturated rings. The zero-order valence-corrected chi connectivity index (χ0v) is 6.15. The van der Waals surface area contributed by atoms with Crippen molar-refractivity contribution in [3.05, 3.63) is 0 Å². The van der Waals surface area contributed by atoms with Crippen LogP contribution in [0.2, 0.25) is 0 Å². The van der Waals surface area contributed by atoms with Crippen LogP contribution in [0.25, 0.3) is 0 Å². The second-order valence-corrected chi connectivity index (χ2v) is 4.86. The van der Waals surface area contributed by atoms with Gasteiger partial charge in [0.1, 0.15) is 0 Å². The van der Waals surface area contributed by atoms with Gasteiger partial charge in [-0.25, -0.2) is 0 Å². The maximum Gasteiger partial charge on any atom is 0.321 e. The Balaban J connectivity index is 2.76. The van der Waals surface area contributed by atoms with Crippen LogP contribution in [0.5, 0.6) is 0 Å². The van der Waals surface area contributed by atoms with Crippen molar-refractivity contribution in [3.8, 4) is 0 Å². The largest absolute Gasteiger partial charge is 0.362 e. The average molecular weight is 172 g/mol. The van der Waals surface area contributed by atoms with Crippen molar-refractivity contribution in [1.29, 1.82) is 0 Å². The molecule has 0 radical (unpaired) electrons. The molecule has 2 unspecified atom stereocenters. The maximum atomic E-state index is 12.2. The van der Waals surface area contributed by atoms with E-state index >= 15 is 0 Å². The summed E-state index contributed by atoms with van der Waals surface area (Å²) in [5.41, 5.74) is -3.53. The van der Waals surface area contributed by atoms with Crippen LogP contribution in [0, 0.1) is 0 Å². The normalized spacial score (nSPS) is 31.4. The fraction of sp³-hybridized carbons (Fsp3) is 1.00. The average Bonchev–Trinajstić information content (AvgIpc) is 2.38. The first-order valence-electron chi connectivity index (χ1n) is 2.67. The predicted octanol–water partition coefficient (Wildman–Crippen LogP) is 1.23. The van der Waals surface area contributed by atoms with Gasteiger partial charge in [0.25, 0.3) is 7.37 Å². The molecule has 3 nitrogen and oxygen atoms in total. The number of rotatable bonds is 2. The van der Waals surface area contributed by atoms with Crippen molar-refractivity contribution < 1.29 is 23.0 Å². The van der Waals surface area contributed by atoms with Crippen molar-refractivity contribution in [2.24, 2.45) is 0 Å². The van der Waals surface area contributed by atoms with Gasteiger partial charge in [-0.1, -0.05) is 0 Å². The first kappa shape index (κ1) is 8.11. The zero-order valence-electron chi connectivity index (χ0n) is 5.25. The van der Waals surface area contributed by atoms with Gasteiger partial charge in [0.05, 0.1) is 6.61 Å². The smallest absolute Gasteiger partial charge is 0.321 e. The lowest BCUT2D eigenvalue weighted by atomic mass is 10.8. The summed E-state index contributed by atoms with van der Waals surface area (Å²) in [5, 5.41) is 0. The molecule has 0 spiro atoms. The molecule has 6 heteroatoms. The van der Waals surface area contributed by atoms with E-state index in [1.165, 1.54) is 0 Å². The fourth-order valence-electron chi connectivity index (χ4n) is 0.498. The van der Waals surface area contributed by atoms with E-state index in [-0.39, 0.29) is 6.61 Å². The highest BCUT2D eigenvalue weighted by molar-refractivity contribution is 7.60. The van der Waals surface area contributed by atoms with Crippen LogP contribution in [0.1, 0.15) is 6.92 Å². The van der Waals surface area contributed by atoms with Crippen LogP contribution in [0.3, 0.4) is 0 Å². The summed E-state index contributed by atoms with van der Waals surface area (Å²) < 4.78 is 39.4. The SMILES string of the molecule is CC(F)(F)P(=O)(O)C1CO1. The van der Waals surface area contributed by atoms with Crippen LogP contribution in [0.4, 0.5) is 8.78 Å². The van der Waals surface area contributed by atoms with Crippen molar-refractivity contribution in [3.63, 3.8) is 0 Å². The third kappa shape index (κ3) is 1.21. The summed E-state index contributed by atoms with van der Waals surface area (Å²) in [6, 6.07) is 0. The van der Waals surface area contributed by atoms with Gasteiger partial charge in [-0.05, 0) is 0 Å². The molecule has 0 bridgehead atoms. The van der Waals surface area contributed by atoms with Crippen molar-refractivity contribution in [2.75, 3.05) is 6.61 Å². The number of hydrogen-bond donors (Lipinski definition) is 1. The number of ether oxygens (including phenoxy) is 1. The van der Waals surface area contributed by atoms with Gasteiger partial charge in [0.15, 0.2) is 5.85 Å². The predicted molar refractivity (Wildman–Crippen MR) is 30.2 cm³/mol. The van der Waals surface area contributed by atoms with Crippen molar-refractivity contribution in [2.45, 2.75) is 18.4 Å². The zero-order chi connectivity index (χ0) is 7.99. The highest BCUT2D eigenvalue weighted by Crippen LogP contribution is 2.63. The molecule has 0 aliphatic carbocycles. The molecule has 1 rings (SSSR count). The number of hydrogen-bond acceptors (Lipinski definition) is 2. The summed E-state index contributed by atoms with van der Waals surface area (Å²) >= 11 is 0. The Kier molecular flexibility index (Phi) is 1.62. The summed E-state index contributed by atoms with van der Waals surface area (Å²) in [6.45, 7) is 0.396. The monoisotopic (exact) mass is 172 g/mol. The molecule has 1 aliphatic rings. The highest BCUT2D eigenvalue weighted by Gasteiger charge is 2.56. The molecular formula is C4H7F2O3P. The fourth-order valence-corrected chi connectivity index (χ4v) is 1.49. The third-order valence-corrected chi connectivity index (χ3v) is 3.47. The lowest BCUT2D eigenvalue weighted by Crippen LogP contribution is -2.13. The molecule has 1 saturated heterocycles. The first-order chi connectivity index (χ1) is 4.36. The minimum atomic E-state index is -4.39. The highest BCUT2D eigenvalue weighted by atomic mass is 31.2. The Morgan fingerprint density at radius 1 is 1.80 bits per heavy atom. The summed E-state index contributed by atoms with van der Waals surface area (Å²) in [7, 11) is -4.39. The molecule has 60 valence electrons. The number of halogens is 2. The topological polar surface area (TPSA) is 49.8 Å². The van der Waals surface area contributed by atoms with Crippen LogP contribution in [-0.4, -0.2) is 23.0 Å². The summed E-state index contributed by atoms with van der Waals surface area (Å²) in [4.78, 5) is 8.67. The molecular weight excluding hydrogens is 165 g/mol. The van der Waals surface area contributed by atoms with Crippen molar-refractivity contribution >= 4 is 7.37 Å². The lowest BCUT2D eigenvalue weighted by molar-refractivity contribution is 0.0948. The Morgan fingerprint density at radius 2 is 2.20 bits per heavy atom. The molecule has 2 atom stereocenters. The van der Waals surface area contributed by atoms with Gasteiger partial charge >= 0.3 is 5.66 Å². The summed E-state index contributed by atoms with van der Waals surface area (Å²) in [5.74, 6) is -1.13. The van der Waals surface area contributed by atoms with Gasteiger partial charge < -0.3 is 9.63 Å². The van der Waals surface area contributed by atoms with Gasteiger partial charge in [0.2, 0.25) is 0 Å². The van der Waals surface area contributed by atoms with E-state index in [4.69, 9.17) is 4.89 Å². The first-order valence-corrected chi connectivity index (χ1v) is 4.40. The van der Waals surface area contributed by atoms with Gasteiger partial charge in [-0.15, -0.1) is 0 Å². The van der Waals surface area contributed by atoms with Gasteiger partial charge in [-0.3, -0.25) is 4.57 Å². The molecule has 1 N–H and O–H groups in total. The van der Waals surface area contributed by atoms with Crippen LogP contribution >= 0.6 is 7.37 Å². The number of alkyl halides is 2. The van der Waals surface area contributed by atoms with Crippen molar-refractivity contribution in [1.82, 2.24) is 0 Å². The van der Waals surface area contributed by atoms with E-state index in [1.807, 2.05) is 0 Å². The van der Waals surface area contributed by atoms with Gasteiger partial charge in [-0.2, -0.15) is 8.78 Å². The standard InChI is InChI=1S/C4H7F2O3P/c1-4(5,6)10(7,8)3-2-9-3/h3H,2H2,1H3,(H,7,8). The van der Waals surface area contributed by atoms with Crippen LogP contribution < -0.4 is 0 Å². The molecule has 0 saturated carbocycles. The Labute approximate surface area is 56.4 Å². The van der Waals surface area contributed by atoms with E-state index in [0.717, 1.165) is 0 Å². The van der Waals surface area contributed by atoms with E-state index in [1.54, 1.807) is 0 Å². The maximum absolute atomic E-state index is 12.2. The number of epoxide rings is 1. The second-order valence-electron chi connectivity index (χ2n) is 2.25. The molecule has 0 aromatic rings. The molecule has 1 aliphatic heterocycles. The molecule has 0 aromatic carbocycles. The Hall–Kier alpha value is 0.01000. The minimum absolute atomic E-state index is 0.0305. The van der Waals surface area contributed by atoms with E-state index < -0.39 is 18.9 Å². The summed E-state index contributed by atoms with van der Waals surface area (Å²) in [6.07, 6.45) is 0. The quantitative estimate of drug-likeness (QED) is 0.503. The molecule has 0 amide bonds. The molecule has 0 aromatic heterocycles. The third-order valence-electron chi connectivity index (χ3n) is 1.27. The molecule has 10 heavy (non-hydrogen) atoms. The van der Waals surface area contributed by atoms with Crippen LogP contribution in [0.15, 0.2) is 0 Å². The second kappa shape index (κ2) is 2.00. The van der Waals surface area contributed by atoms with Gasteiger partial charge in [0, 0.05) is 6.92 Å². The Bertz CT molecular complexity index is 183. The van der Waals surface area contributed by atoms with E-state index in [9.17, 15) is 13.3 Å². The molecule has 1 heterocycles. The van der Waals surface area contributed by atoms with Crippen LogP contribution in [-0.2, 0) is 9.30 Å². The minimum Gasteiger partial charge on any atom is -0.362 e. The Morgan fingerprint density at radius 3 is 2.30 bits per heavy atom.